The maximum absolute atomic E-state index is 10.6. The van der Waals surface area contributed by atoms with Gasteiger partial charge in [-0.3, -0.25) is 5.01 Å². The Morgan fingerprint density at radius 1 is 1.29 bits per heavy atom. The van der Waals surface area contributed by atoms with Gasteiger partial charge in [0.1, 0.15) is 18.6 Å². The van der Waals surface area contributed by atoms with Crippen molar-refractivity contribution in [2.45, 2.75) is 19.4 Å². The van der Waals surface area contributed by atoms with Crippen molar-refractivity contribution in [1.82, 2.24) is 4.57 Å². The second kappa shape index (κ2) is 8.07. The topological polar surface area (TPSA) is 81.6 Å². The van der Waals surface area contributed by atoms with E-state index in [1.165, 1.54) is 0 Å². The highest BCUT2D eigenvalue weighted by Crippen LogP contribution is 2.10. The van der Waals surface area contributed by atoms with Crippen LogP contribution in [0, 0.1) is 0 Å². The minimum Gasteiger partial charge on any atom is -0.748 e. The highest BCUT2D eigenvalue weighted by atomic mass is 32.2. The molecule has 130 valence electrons. The number of aromatic nitrogens is 2. The quantitative estimate of drug-likeness (QED) is 0.235. The van der Waals surface area contributed by atoms with E-state index in [9.17, 15) is 13.0 Å². The molecule has 0 saturated carbocycles. The van der Waals surface area contributed by atoms with E-state index < -0.39 is 10.1 Å². The van der Waals surface area contributed by atoms with Crippen LogP contribution in [0.4, 0.5) is 5.69 Å². The number of imidazole rings is 1. The molecule has 1 aromatic heterocycles. The number of anilines is 1. The largest absolute Gasteiger partial charge is 0.748 e. The molecule has 0 saturated heterocycles. The van der Waals surface area contributed by atoms with Crippen molar-refractivity contribution in [3.05, 3.63) is 48.5 Å². The van der Waals surface area contributed by atoms with Crippen LogP contribution in [0.15, 0.2) is 47.8 Å². The van der Waals surface area contributed by atoms with E-state index in [4.69, 9.17) is 0 Å². The van der Waals surface area contributed by atoms with Crippen molar-refractivity contribution in [3.63, 3.8) is 0 Å². The van der Waals surface area contributed by atoms with Crippen molar-refractivity contribution < 1.29 is 17.5 Å². The Kier molecular flexibility index (Phi) is 6.10. The molecule has 24 heavy (non-hydrogen) atoms. The van der Waals surface area contributed by atoms with Gasteiger partial charge >= 0.3 is 5.82 Å². The molecule has 0 radical (unpaired) electrons. The molecule has 0 aliphatic rings. The molecule has 0 bridgehead atoms. The molecule has 0 N–H and O–H groups in total. The van der Waals surface area contributed by atoms with Crippen LogP contribution in [0.3, 0.4) is 0 Å². The van der Waals surface area contributed by atoms with E-state index >= 15 is 0 Å². The van der Waals surface area contributed by atoms with Crippen LogP contribution < -0.4 is 9.58 Å². The minimum atomic E-state index is -4.13. The molecular weight excluding hydrogens is 328 g/mol. The smallest absolute Gasteiger partial charge is 0.301 e. The van der Waals surface area contributed by atoms with Gasteiger partial charge in [-0.05, 0) is 25.0 Å². The number of para-hydroxylation sites is 1. The molecule has 0 fully saturated rings. The Bertz CT molecular complexity index is 785. The average molecular weight is 350 g/mol. The van der Waals surface area contributed by atoms with Gasteiger partial charge in [0.15, 0.2) is 0 Å². The number of unbranched alkanes of at least 4 members (excludes halogenated alkanes) is 1. The second-order valence-electron chi connectivity index (χ2n) is 5.53. The maximum atomic E-state index is 10.6. The Morgan fingerprint density at radius 2 is 2.00 bits per heavy atom. The summed E-state index contributed by atoms with van der Waals surface area (Å²) in [6, 6.07) is 9.80. The predicted octanol–water partition coefficient (Wildman–Crippen LogP) is 1.11. The fourth-order valence-electron chi connectivity index (χ4n) is 2.30. The molecule has 1 aromatic carbocycles. The molecule has 7 nitrogen and oxygen atoms in total. The van der Waals surface area contributed by atoms with Crippen LogP contribution >= 0.6 is 0 Å². The van der Waals surface area contributed by atoms with Crippen LogP contribution in [0.1, 0.15) is 18.7 Å². The van der Waals surface area contributed by atoms with Gasteiger partial charge < -0.3 is 4.55 Å². The standard InChI is InChI=1S/C16H22N4O3S/c1-18-11-12-20(10-6-7-13-24(21,22)23)16(18)14-17-19(2)15-8-4-3-5-9-15/h3-5,8-9,11-12,14H,6-7,10,13H2,1-2H3. The lowest BCUT2D eigenvalue weighted by Crippen LogP contribution is -2.37. The van der Waals surface area contributed by atoms with Crippen LogP contribution in [0.25, 0.3) is 0 Å². The Morgan fingerprint density at radius 3 is 2.67 bits per heavy atom. The lowest BCUT2D eigenvalue weighted by molar-refractivity contribution is -0.697. The molecule has 0 unspecified atom stereocenters. The van der Waals surface area contributed by atoms with E-state index in [1.54, 1.807) is 11.2 Å². The summed E-state index contributed by atoms with van der Waals surface area (Å²) in [6.07, 6.45) is 6.56. The second-order valence-corrected chi connectivity index (χ2v) is 7.06. The van der Waals surface area contributed by atoms with Crippen molar-refractivity contribution in [2.24, 2.45) is 12.1 Å². The van der Waals surface area contributed by atoms with Crippen molar-refractivity contribution in [2.75, 3.05) is 17.8 Å². The Labute approximate surface area is 142 Å². The minimum absolute atomic E-state index is 0.319. The van der Waals surface area contributed by atoms with E-state index in [0.29, 0.717) is 19.4 Å². The van der Waals surface area contributed by atoms with Gasteiger partial charge in [0.25, 0.3) is 0 Å². The van der Waals surface area contributed by atoms with Gasteiger partial charge in [0.05, 0.1) is 29.4 Å². The van der Waals surface area contributed by atoms with Crippen molar-refractivity contribution in [1.29, 1.82) is 0 Å². The third kappa shape index (κ3) is 5.47. The fraction of sp³-hybridized carbons (Fsp3) is 0.375. The van der Waals surface area contributed by atoms with Crippen LogP contribution in [-0.2, 0) is 23.7 Å². The summed E-state index contributed by atoms with van der Waals surface area (Å²) >= 11 is 0. The van der Waals surface area contributed by atoms with Crippen LogP contribution in [0.5, 0.6) is 0 Å². The summed E-state index contributed by atoms with van der Waals surface area (Å²) in [5.41, 5.74) is 0.982. The number of hydrogen-bond acceptors (Lipinski definition) is 5. The van der Waals surface area contributed by atoms with Gasteiger partial charge in [0, 0.05) is 12.8 Å². The monoisotopic (exact) mass is 350 g/mol. The average Bonchev–Trinajstić information content (AvgIpc) is 2.89. The van der Waals surface area contributed by atoms with E-state index in [0.717, 1.165) is 11.5 Å². The summed E-state index contributed by atoms with van der Waals surface area (Å²) < 4.78 is 35.8. The summed E-state index contributed by atoms with van der Waals surface area (Å²) in [5, 5.41) is 6.23. The molecule has 2 aromatic rings. The lowest BCUT2D eigenvalue weighted by Gasteiger charge is -2.11. The number of benzene rings is 1. The predicted molar refractivity (Wildman–Crippen MR) is 91.8 cm³/mol. The highest BCUT2D eigenvalue weighted by molar-refractivity contribution is 7.85. The molecule has 0 aliphatic heterocycles. The number of hydrogen-bond donors (Lipinski definition) is 0. The van der Waals surface area contributed by atoms with E-state index in [2.05, 4.69) is 5.10 Å². The maximum Gasteiger partial charge on any atom is 0.301 e. The number of aryl methyl sites for hydroxylation is 2. The molecule has 2 rings (SSSR count). The first kappa shape index (κ1) is 18.2. The Balaban J connectivity index is 2.00. The van der Waals surface area contributed by atoms with Gasteiger partial charge in [0.2, 0.25) is 0 Å². The molecule has 0 atom stereocenters. The SMILES string of the molecule is CN(/N=C/c1n(C)cc[n+]1CCCCS(=O)(=O)[O-])c1ccccc1. The summed E-state index contributed by atoms with van der Waals surface area (Å²) in [5.74, 6) is 0.573. The first-order valence-electron chi connectivity index (χ1n) is 7.68. The van der Waals surface area contributed by atoms with Gasteiger partial charge in [-0.2, -0.15) is 5.10 Å². The van der Waals surface area contributed by atoms with Gasteiger partial charge in [-0.25, -0.2) is 17.6 Å². The van der Waals surface area contributed by atoms with Gasteiger partial charge in [-0.1, -0.05) is 18.2 Å². The zero-order valence-corrected chi connectivity index (χ0v) is 14.7. The molecule has 1 heterocycles. The van der Waals surface area contributed by atoms with Crippen LogP contribution in [0.2, 0.25) is 0 Å². The summed E-state index contributed by atoms with van der Waals surface area (Å²) in [6.45, 7) is 0.632. The van der Waals surface area contributed by atoms with Crippen LogP contribution in [-0.4, -0.2) is 36.6 Å². The number of rotatable bonds is 8. The third-order valence-corrected chi connectivity index (χ3v) is 4.43. The zero-order valence-electron chi connectivity index (χ0n) is 13.9. The summed E-state index contributed by atoms with van der Waals surface area (Å²) in [4.78, 5) is 0. The Hall–Kier alpha value is -2.19. The molecule has 0 amide bonds. The molecule has 8 heteroatoms. The first-order chi connectivity index (χ1) is 11.4. The molecule has 0 spiro atoms. The first-order valence-corrected chi connectivity index (χ1v) is 9.25. The van der Waals surface area contributed by atoms with E-state index in [-0.39, 0.29) is 5.75 Å². The molecular formula is C16H22N4O3S. The number of nitrogens with zero attached hydrogens (tertiary/aromatic N) is 4. The number of hydrazone groups is 1. The third-order valence-electron chi connectivity index (χ3n) is 3.65. The van der Waals surface area contributed by atoms with Crippen molar-refractivity contribution in [3.8, 4) is 0 Å². The fourth-order valence-corrected chi connectivity index (χ4v) is 2.86. The normalized spacial score (nSPS) is 12.0. The van der Waals surface area contributed by atoms with Crippen molar-refractivity contribution >= 4 is 22.0 Å². The lowest BCUT2D eigenvalue weighted by atomic mass is 10.3. The van der Waals surface area contributed by atoms with Gasteiger partial charge in [-0.15, -0.1) is 0 Å². The van der Waals surface area contributed by atoms with E-state index in [1.807, 2.05) is 66.0 Å². The summed E-state index contributed by atoms with van der Waals surface area (Å²) in [7, 11) is -0.341. The molecule has 0 aliphatic carbocycles. The zero-order chi connectivity index (χ0) is 17.6. The highest BCUT2D eigenvalue weighted by Gasteiger charge is 2.12.